The van der Waals surface area contributed by atoms with Gasteiger partial charge in [-0.3, -0.25) is 28.9 Å². The summed E-state index contributed by atoms with van der Waals surface area (Å²) in [4.78, 5) is 61.0. The summed E-state index contributed by atoms with van der Waals surface area (Å²) in [7, 11) is 0. The van der Waals surface area contributed by atoms with Crippen LogP contribution in [0.4, 0.5) is 0 Å². The van der Waals surface area contributed by atoms with Gasteiger partial charge in [0.05, 0.1) is 52.0 Å². The second kappa shape index (κ2) is 22.6. The predicted octanol–water partition coefficient (Wildman–Crippen LogP) is -2.21. The van der Waals surface area contributed by atoms with E-state index in [0.29, 0.717) is 13.0 Å². The quantitative estimate of drug-likeness (QED) is 0.0516. The average molecular weight is 651 g/mol. The summed E-state index contributed by atoms with van der Waals surface area (Å²) in [6.07, 6.45) is -0.477. The maximum atomic E-state index is 12.8. The summed E-state index contributed by atoms with van der Waals surface area (Å²) >= 11 is 0. The smallest absolute Gasteiger partial charge is 0.317 e. The highest BCUT2D eigenvalue weighted by Gasteiger charge is 2.42. The Balaban J connectivity index is 2.54. The molecule has 45 heavy (non-hydrogen) atoms. The molecule has 0 unspecified atom stereocenters. The molecule has 0 saturated carbocycles. The van der Waals surface area contributed by atoms with Crippen molar-refractivity contribution in [1.29, 1.82) is 0 Å². The number of carboxylic acid groups (broad SMARTS) is 2. The van der Waals surface area contributed by atoms with Crippen molar-refractivity contribution in [3.05, 3.63) is 0 Å². The largest absolute Gasteiger partial charge is 0.480 e. The molecular formula is C28H50N4O13. The molecule has 17 heteroatoms. The van der Waals surface area contributed by atoms with Gasteiger partial charge in [0.15, 0.2) is 6.29 Å². The molecule has 8 N–H and O–H groups in total. The van der Waals surface area contributed by atoms with Gasteiger partial charge in [-0.05, 0) is 13.3 Å². The number of carbonyl (C=O) groups is 5. The van der Waals surface area contributed by atoms with Crippen molar-refractivity contribution in [3.8, 4) is 0 Å². The van der Waals surface area contributed by atoms with Crippen molar-refractivity contribution in [3.63, 3.8) is 0 Å². The average Bonchev–Trinajstić information content (AvgIpc) is 2.96. The molecule has 0 aromatic rings. The third-order valence-corrected chi connectivity index (χ3v) is 6.84. The zero-order valence-electron chi connectivity index (χ0n) is 26.0. The fourth-order valence-electron chi connectivity index (χ4n) is 4.44. The number of aliphatic carboxylic acids is 2. The molecule has 3 amide bonds. The summed E-state index contributed by atoms with van der Waals surface area (Å²) in [6, 6.07) is -1.29. The van der Waals surface area contributed by atoms with E-state index in [0.717, 1.165) is 37.0 Å². The van der Waals surface area contributed by atoms with E-state index in [9.17, 15) is 39.3 Å². The van der Waals surface area contributed by atoms with Crippen LogP contribution in [0.25, 0.3) is 0 Å². The Bertz CT molecular complexity index is 909. The third kappa shape index (κ3) is 17.4. The molecule has 17 nitrogen and oxygen atoms in total. The minimum Gasteiger partial charge on any atom is -0.480 e. The first-order chi connectivity index (χ1) is 21.3. The molecule has 0 radical (unpaired) electrons. The van der Waals surface area contributed by atoms with E-state index >= 15 is 0 Å². The summed E-state index contributed by atoms with van der Waals surface area (Å²) in [5.41, 5.74) is 0. The number of amides is 3. The molecule has 1 saturated heterocycles. The standard InChI is InChI=1S/C28H50N4O13/c1-3-4-5-6-7-8-9-30-27(42)19(31-21(34)15-32(16-22(35)36)17-23(37)38)14-20(33)29-10-11-43-12-13-44-28-26(41)25(40)24(39)18(2)45-28/h18-19,24-26,28,39-41H,3-17H2,1-2H3,(H,29,33)(H,30,42)(H,31,34)(H,35,36)(H,37,38)/t18-,19-,24-,25+,26+,28+/m0/s1. The maximum absolute atomic E-state index is 12.8. The molecule has 1 aliphatic heterocycles. The molecular weight excluding hydrogens is 600 g/mol. The maximum Gasteiger partial charge on any atom is 0.317 e. The van der Waals surface area contributed by atoms with Crippen LogP contribution in [0.3, 0.4) is 0 Å². The van der Waals surface area contributed by atoms with Crippen LogP contribution in [0, 0.1) is 0 Å². The van der Waals surface area contributed by atoms with Gasteiger partial charge in [-0.2, -0.15) is 0 Å². The zero-order chi connectivity index (χ0) is 33.8. The lowest BCUT2D eigenvalue weighted by Crippen LogP contribution is -2.57. The fourth-order valence-corrected chi connectivity index (χ4v) is 4.44. The third-order valence-electron chi connectivity index (χ3n) is 6.84. The van der Waals surface area contributed by atoms with E-state index in [2.05, 4.69) is 22.9 Å². The van der Waals surface area contributed by atoms with Crippen LogP contribution in [-0.4, -0.2) is 149 Å². The van der Waals surface area contributed by atoms with Crippen molar-refractivity contribution < 1.29 is 63.7 Å². The Morgan fingerprint density at radius 1 is 0.778 bits per heavy atom. The summed E-state index contributed by atoms with van der Waals surface area (Å²) in [5, 5.41) is 55.2. The van der Waals surface area contributed by atoms with E-state index in [-0.39, 0.29) is 26.4 Å². The minimum absolute atomic E-state index is 0.0150. The Kier molecular flexibility index (Phi) is 20.1. The molecule has 260 valence electrons. The predicted molar refractivity (Wildman–Crippen MR) is 157 cm³/mol. The number of hydrogen-bond donors (Lipinski definition) is 8. The number of hydrogen-bond acceptors (Lipinski definition) is 12. The van der Waals surface area contributed by atoms with Crippen LogP contribution in [0.1, 0.15) is 58.8 Å². The van der Waals surface area contributed by atoms with Gasteiger partial charge in [0.25, 0.3) is 0 Å². The van der Waals surface area contributed by atoms with E-state index in [1.54, 1.807) is 0 Å². The molecule has 1 aliphatic rings. The Hall–Kier alpha value is -2.93. The number of unbranched alkanes of at least 4 members (excludes halogenated alkanes) is 5. The van der Waals surface area contributed by atoms with Crippen molar-refractivity contribution in [2.24, 2.45) is 0 Å². The lowest BCUT2D eigenvalue weighted by Gasteiger charge is -2.38. The molecule has 0 bridgehead atoms. The number of ether oxygens (including phenoxy) is 3. The number of aliphatic hydroxyl groups excluding tert-OH is 3. The second-order valence-electron chi connectivity index (χ2n) is 10.8. The molecule has 1 heterocycles. The molecule has 1 fully saturated rings. The van der Waals surface area contributed by atoms with Gasteiger partial charge >= 0.3 is 11.9 Å². The summed E-state index contributed by atoms with van der Waals surface area (Å²) < 4.78 is 16.0. The molecule has 1 rings (SSSR count). The molecule has 0 aromatic carbocycles. The lowest BCUT2D eigenvalue weighted by molar-refractivity contribution is -0.294. The number of nitrogens with zero attached hydrogens (tertiary/aromatic N) is 1. The van der Waals surface area contributed by atoms with Gasteiger partial charge in [0, 0.05) is 13.1 Å². The monoisotopic (exact) mass is 650 g/mol. The van der Waals surface area contributed by atoms with Gasteiger partial charge in [-0.1, -0.05) is 39.0 Å². The first kappa shape index (κ1) is 40.1. The van der Waals surface area contributed by atoms with Crippen molar-refractivity contribution in [2.45, 2.75) is 95.5 Å². The van der Waals surface area contributed by atoms with Crippen molar-refractivity contribution in [2.75, 3.05) is 52.5 Å². The number of nitrogens with one attached hydrogen (secondary N) is 3. The highest BCUT2D eigenvalue weighted by molar-refractivity contribution is 5.92. The van der Waals surface area contributed by atoms with E-state index in [1.165, 1.54) is 6.92 Å². The van der Waals surface area contributed by atoms with Crippen LogP contribution in [0.5, 0.6) is 0 Å². The van der Waals surface area contributed by atoms with Gasteiger partial charge in [0.1, 0.15) is 24.4 Å². The molecule has 6 atom stereocenters. The summed E-state index contributed by atoms with van der Waals surface area (Å²) in [6.45, 7) is 2.08. The highest BCUT2D eigenvalue weighted by Crippen LogP contribution is 2.21. The Labute approximate surface area is 262 Å². The minimum atomic E-state index is -1.44. The first-order valence-electron chi connectivity index (χ1n) is 15.2. The van der Waals surface area contributed by atoms with E-state index in [4.69, 9.17) is 24.4 Å². The van der Waals surface area contributed by atoms with Crippen molar-refractivity contribution >= 4 is 29.7 Å². The van der Waals surface area contributed by atoms with Crippen molar-refractivity contribution in [1.82, 2.24) is 20.9 Å². The Morgan fingerprint density at radius 3 is 2.07 bits per heavy atom. The van der Waals surface area contributed by atoms with Gasteiger partial charge in [-0.25, -0.2) is 0 Å². The summed E-state index contributed by atoms with van der Waals surface area (Å²) in [5.74, 6) is -4.68. The normalized spacial score (nSPS) is 22.0. The second-order valence-corrected chi connectivity index (χ2v) is 10.8. The van der Waals surface area contributed by atoms with Gasteiger partial charge in [0.2, 0.25) is 17.7 Å². The van der Waals surface area contributed by atoms with Crippen LogP contribution in [-0.2, 0) is 38.2 Å². The van der Waals surface area contributed by atoms with Crippen LogP contribution < -0.4 is 16.0 Å². The number of aliphatic hydroxyl groups is 3. The zero-order valence-corrected chi connectivity index (χ0v) is 26.0. The highest BCUT2D eigenvalue weighted by atomic mass is 16.7. The van der Waals surface area contributed by atoms with Crippen LogP contribution in [0.2, 0.25) is 0 Å². The van der Waals surface area contributed by atoms with Gasteiger partial charge < -0.3 is 55.7 Å². The number of rotatable bonds is 24. The van der Waals surface area contributed by atoms with Crippen LogP contribution in [0.15, 0.2) is 0 Å². The SMILES string of the molecule is CCCCCCCCNC(=O)[C@H](CC(=O)NCCOCCO[C@@H]1O[C@@H](C)[C@H](O)[C@@H](O)[C@H]1O)NC(=O)CN(CC(=O)O)CC(=O)O. The number of carbonyl (C=O) groups excluding carboxylic acids is 3. The molecule has 0 spiro atoms. The first-order valence-corrected chi connectivity index (χ1v) is 15.2. The fraction of sp³-hybridized carbons (Fsp3) is 0.821. The Morgan fingerprint density at radius 2 is 1.42 bits per heavy atom. The number of carboxylic acids is 2. The molecule has 0 aliphatic carbocycles. The van der Waals surface area contributed by atoms with Gasteiger partial charge in [-0.15, -0.1) is 0 Å². The lowest BCUT2D eigenvalue weighted by atomic mass is 10.0. The van der Waals surface area contributed by atoms with E-state index < -0.39 is 92.5 Å². The van der Waals surface area contributed by atoms with E-state index in [1.807, 2.05) is 0 Å². The molecule has 0 aromatic heterocycles. The van der Waals surface area contributed by atoms with Crippen LogP contribution >= 0.6 is 0 Å². The topological polar surface area (TPSA) is 254 Å².